The van der Waals surface area contributed by atoms with Crippen LogP contribution < -0.4 is 11.1 Å². The second-order valence-corrected chi connectivity index (χ2v) is 7.40. The maximum absolute atomic E-state index is 11.1. The molecule has 2 aliphatic rings. The molecule has 4 N–H and O–H groups in total. The van der Waals surface area contributed by atoms with Gasteiger partial charge in [0.25, 0.3) is 0 Å². The molecule has 0 unspecified atom stereocenters. The zero-order valence-corrected chi connectivity index (χ0v) is 13.9. The second-order valence-electron chi connectivity index (χ2n) is 7.40. The van der Waals surface area contributed by atoms with Gasteiger partial charge in [-0.1, -0.05) is 0 Å². The van der Waals surface area contributed by atoms with Crippen LogP contribution in [-0.2, 0) is 4.74 Å². The second kappa shape index (κ2) is 5.65. The predicted octanol–water partition coefficient (Wildman–Crippen LogP) is 0.491. The molecule has 0 radical (unpaired) electrons. The Hall–Kier alpha value is -1.77. The zero-order valence-electron chi connectivity index (χ0n) is 13.9. The zero-order chi connectivity index (χ0) is 16.8. The van der Waals surface area contributed by atoms with Gasteiger partial charge in [-0.3, -0.25) is 0 Å². The molecular weight excluding hydrogens is 308 g/mol. The van der Waals surface area contributed by atoms with Crippen LogP contribution in [0.1, 0.15) is 32.2 Å². The largest absolute Gasteiger partial charge is 0.386 e. The maximum Gasteiger partial charge on any atom is 0.165 e. The molecule has 0 amide bonds. The van der Waals surface area contributed by atoms with Crippen molar-refractivity contribution in [1.29, 1.82) is 0 Å². The van der Waals surface area contributed by atoms with E-state index in [1.807, 2.05) is 11.5 Å². The quantitative estimate of drug-likeness (QED) is 0.697. The molecule has 1 spiro atoms. The Bertz CT molecular complexity index is 737. The van der Waals surface area contributed by atoms with E-state index in [0.29, 0.717) is 30.2 Å². The van der Waals surface area contributed by atoms with E-state index in [0.717, 1.165) is 32.4 Å². The summed E-state index contributed by atoms with van der Waals surface area (Å²) in [4.78, 5) is 12.7. The number of nitrogens with one attached hydrogen (secondary N) is 1. The summed E-state index contributed by atoms with van der Waals surface area (Å²) < 4.78 is 7.85. The van der Waals surface area contributed by atoms with Gasteiger partial charge in [-0.15, -0.1) is 0 Å². The number of nitrogen functional groups attached to an aromatic ring is 1. The third kappa shape index (κ3) is 2.54. The third-order valence-electron chi connectivity index (χ3n) is 5.53. The molecule has 0 aliphatic carbocycles. The molecule has 8 heteroatoms. The van der Waals surface area contributed by atoms with Crippen LogP contribution in [0.3, 0.4) is 0 Å². The molecule has 2 aromatic heterocycles. The van der Waals surface area contributed by atoms with Gasteiger partial charge in [-0.2, -0.15) is 0 Å². The van der Waals surface area contributed by atoms with Crippen LogP contribution in [0.25, 0.3) is 11.2 Å². The smallest absolute Gasteiger partial charge is 0.165 e. The fraction of sp³-hybridized carbons (Fsp3) is 0.688. The number of hydrogen-bond acceptors (Lipinski definition) is 7. The van der Waals surface area contributed by atoms with Crippen LogP contribution >= 0.6 is 0 Å². The Morgan fingerprint density at radius 3 is 2.88 bits per heavy atom. The lowest BCUT2D eigenvalue weighted by molar-refractivity contribution is -0.0522. The Morgan fingerprint density at radius 2 is 2.08 bits per heavy atom. The summed E-state index contributed by atoms with van der Waals surface area (Å²) in [6.07, 6.45) is 6.08. The van der Waals surface area contributed by atoms with Gasteiger partial charge in [0.05, 0.1) is 25.6 Å². The molecule has 8 nitrogen and oxygen atoms in total. The minimum absolute atomic E-state index is 0.0750. The third-order valence-corrected chi connectivity index (χ3v) is 5.53. The molecule has 4 rings (SSSR count). The number of fused-ring (bicyclic) bond motifs is 1. The van der Waals surface area contributed by atoms with Crippen LogP contribution in [0.2, 0.25) is 0 Å². The van der Waals surface area contributed by atoms with E-state index in [9.17, 15) is 5.11 Å². The number of ether oxygens (including phenoxy) is 1. The van der Waals surface area contributed by atoms with Gasteiger partial charge in [-0.05, 0) is 44.7 Å². The van der Waals surface area contributed by atoms with Crippen LogP contribution in [0.15, 0.2) is 12.7 Å². The fourth-order valence-corrected chi connectivity index (χ4v) is 4.06. The fourth-order valence-electron chi connectivity index (χ4n) is 4.06. The first kappa shape index (κ1) is 15.7. The van der Waals surface area contributed by atoms with Crippen molar-refractivity contribution in [3.8, 4) is 0 Å². The van der Waals surface area contributed by atoms with Crippen molar-refractivity contribution >= 4 is 17.0 Å². The maximum atomic E-state index is 11.1. The van der Waals surface area contributed by atoms with Crippen LogP contribution in [0.5, 0.6) is 0 Å². The highest BCUT2D eigenvalue weighted by atomic mass is 16.5. The van der Waals surface area contributed by atoms with Gasteiger partial charge in [-0.25, -0.2) is 15.0 Å². The number of nitrogens with two attached hydrogens (primary N) is 1. The van der Waals surface area contributed by atoms with Gasteiger partial charge in [0.15, 0.2) is 11.5 Å². The lowest BCUT2D eigenvalue weighted by Gasteiger charge is -2.40. The molecule has 2 fully saturated rings. The number of rotatable bonds is 1. The molecule has 2 saturated heterocycles. The summed E-state index contributed by atoms with van der Waals surface area (Å²) in [6.45, 7) is 4.78. The summed E-state index contributed by atoms with van der Waals surface area (Å²) >= 11 is 0. The number of piperidine rings is 1. The number of aromatic nitrogens is 4. The Kier molecular flexibility index (Phi) is 3.70. The van der Waals surface area contributed by atoms with E-state index < -0.39 is 5.60 Å². The summed E-state index contributed by atoms with van der Waals surface area (Å²) in [5.74, 6) is 0.361. The number of imidazole rings is 1. The average Bonchev–Trinajstić information content (AvgIpc) is 2.93. The molecule has 24 heavy (non-hydrogen) atoms. The number of aliphatic hydroxyl groups is 1. The van der Waals surface area contributed by atoms with Crippen LogP contribution in [-0.4, -0.2) is 56.5 Å². The minimum Gasteiger partial charge on any atom is -0.386 e. The van der Waals surface area contributed by atoms with E-state index in [1.54, 1.807) is 6.33 Å². The van der Waals surface area contributed by atoms with E-state index in [-0.39, 0.29) is 11.5 Å². The Morgan fingerprint density at radius 1 is 1.29 bits per heavy atom. The van der Waals surface area contributed by atoms with Gasteiger partial charge in [0.1, 0.15) is 17.4 Å². The first-order valence-corrected chi connectivity index (χ1v) is 8.45. The van der Waals surface area contributed by atoms with Crippen molar-refractivity contribution < 1.29 is 9.84 Å². The van der Waals surface area contributed by atoms with Gasteiger partial charge in [0, 0.05) is 0 Å². The predicted molar refractivity (Wildman–Crippen MR) is 89.4 cm³/mol. The Labute approximate surface area is 140 Å². The van der Waals surface area contributed by atoms with E-state index in [4.69, 9.17) is 10.5 Å². The van der Waals surface area contributed by atoms with Crippen molar-refractivity contribution in [2.75, 3.05) is 32.0 Å². The number of hydrogen-bond donors (Lipinski definition) is 3. The summed E-state index contributed by atoms with van der Waals surface area (Å²) in [6, 6.07) is -0.169. The molecule has 0 bridgehead atoms. The minimum atomic E-state index is -0.998. The number of nitrogens with zero attached hydrogens (tertiary/aromatic N) is 4. The van der Waals surface area contributed by atoms with Crippen LogP contribution in [0.4, 0.5) is 5.82 Å². The molecule has 0 aromatic carbocycles. The van der Waals surface area contributed by atoms with Crippen molar-refractivity contribution in [3.63, 3.8) is 0 Å². The van der Waals surface area contributed by atoms with Crippen molar-refractivity contribution in [1.82, 2.24) is 24.8 Å². The van der Waals surface area contributed by atoms with Gasteiger partial charge < -0.3 is 25.5 Å². The number of anilines is 1. The summed E-state index contributed by atoms with van der Waals surface area (Å²) in [5, 5.41) is 14.5. The van der Waals surface area contributed by atoms with Crippen molar-refractivity contribution in [2.45, 2.75) is 37.8 Å². The van der Waals surface area contributed by atoms with Crippen LogP contribution in [0, 0.1) is 5.41 Å². The summed E-state index contributed by atoms with van der Waals surface area (Å²) in [7, 11) is 0. The SMILES string of the molecule is C[C@@]1(O)COCC2(CCNCC2)C[C@H]1n1cnc2c(N)ncnc21. The molecule has 0 saturated carbocycles. The highest BCUT2D eigenvalue weighted by Crippen LogP contribution is 2.44. The molecule has 2 atom stereocenters. The highest BCUT2D eigenvalue weighted by molar-refractivity contribution is 5.81. The highest BCUT2D eigenvalue weighted by Gasteiger charge is 2.45. The molecule has 2 aliphatic heterocycles. The van der Waals surface area contributed by atoms with E-state index in [2.05, 4.69) is 20.3 Å². The lowest BCUT2D eigenvalue weighted by Crippen LogP contribution is -2.43. The average molecular weight is 332 g/mol. The molecular formula is C16H24N6O2. The first-order valence-electron chi connectivity index (χ1n) is 8.45. The van der Waals surface area contributed by atoms with Crippen molar-refractivity contribution in [3.05, 3.63) is 12.7 Å². The molecule has 130 valence electrons. The van der Waals surface area contributed by atoms with Gasteiger partial charge in [0.2, 0.25) is 0 Å². The standard InChI is InChI=1S/C16H24N6O2/c1-15(23)7-24-8-16(2-4-18-5-3-16)6-11(15)22-10-21-12-13(17)19-9-20-14(12)22/h9-11,18,23H,2-8H2,1H3,(H2,17,19,20)/t11-,15-/m1/s1. The monoisotopic (exact) mass is 332 g/mol. The van der Waals surface area contributed by atoms with E-state index in [1.165, 1.54) is 6.33 Å². The first-order chi connectivity index (χ1) is 11.5. The Balaban J connectivity index is 1.78. The van der Waals surface area contributed by atoms with Crippen molar-refractivity contribution in [2.24, 2.45) is 5.41 Å². The van der Waals surface area contributed by atoms with Gasteiger partial charge >= 0.3 is 0 Å². The summed E-state index contributed by atoms with van der Waals surface area (Å²) in [5.41, 5.74) is 6.23. The lowest BCUT2D eigenvalue weighted by atomic mass is 9.73. The topological polar surface area (TPSA) is 111 Å². The normalized spacial score (nSPS) is 30.5. The molecule has 2 aromatic rings. The molecule has 4 heterocycles. The van der Waals surface area contributed by atoms with E-state index >= 15 is 0 Å².